The summed E-state index contributed by atoms with van der Waals surface area (Å²) in [6, 6.07) is 2.08. The number of sulfone groups is 1. The van der Waals surface area contributed by atoms with Crippen LogP contribution in [0.2, 0.25) is 0 Å². The van der Waals surface area contributed by atoms with E-state index in [4.69, 9.17) is 0 Å². The third-order valence-corrected chi connectivity index (χ3v) is 4.72. The lowest BCUT2D eigenvalue weighted by atomic mass is 10.2. The molecule has 1 atom stereocenters. The molecule has 0 radical (unpaired) electrons. The third-order valence-electron chi connectivity index (χ3n) is 2.96. The van der Waals surface area contributed by atoms with E-state index in [1.54, 1.807) is 0 Å². The van der Waals surface area contributed by atoms with Gasteiger partial charge in [0.05, 0.1) is 11.5 Å². The molecular formula is C12H13F3N2O4S. The Morgan fingerprint density at radius 3 is 2.77 bits per heavy atom. The van der Waals surface area contributed by atoms with E-state index < -0.39 is 40.4 Å². The van der Waals surface area contributed by atoms with Crippen molar-refractivity contribution in [2.75, 3.05) is 18.1 Å². The molecule has 122 valence electrons. The molecule has 1 aliphatic heterocycles. The summed E-state index contributed by atoms with van der Waals surface area (Å²) in [6.45, 7) is -1.57. The number of amides is 1. The zero-order valence-corrected chi connectivity index (χ0v) is 12.1. The second-order valence-corrected chi connectivity index (χ2v) is 7.06. The van der Waals surface area contributed by atoms with Crippen LogP contribution in [-0.2, 0) is 9.84 Å². The molecule has 0 aliphatic carbocycles. The first-order valence-electron chi connectivity index (χ1n) is 6.32. The molecule has 22 heavy (non-hydrogen) atoms. The number of pyridine rings is 1. The highest BCUT2D eigenvalue weighted by Gasteiger charge is 2.31. The van der Waals surface area contributed by atoms with Crippen molar-refractivity contribution in [1.82, 2.24) is 10.3 Å². The van der Waals surface area contributed by atoms with Crippen molar-refractivity contribution in [3.05, 3.63) is 23.9 Å². The molecule has 10 heteroatoms. The van der Waals surface area contributed by atoms with Crippen molar-refractivity contribution in [3.8, 4) is 5.88 Å². The molecule has 1 fully saturated rings. The van der Waals surface area contributed by atoms with Crippen LogP contribution in [0.5, 0.6) is 5.88 Å². The Morgan fingerprint density at radius 2 is 2.18 bits per heavy atom. The van der Waals surface area contributed by atoms with Crippen LogP contribution < -0.4 is 10.1 Å². The normalized spacial score (nSPS) is 20.6. The van der Waals surface area contributed by atoms with Gasteiger partial charge in [-0.15, -0.1) is 0 Å². The van der Waals surface area contributed by atoms with Crippen molar-refractivity contribution in [1.29, 1.82) is 0 Å². The average Bonchev–Trinajstić information content (AvgIpc) is 2.75. The maximum absolute atomic E-state index is 12.2. The number of aromatic nitrogens is 1. The SMILES string of the molecule is O=C(NC1CCS(=O)(=O)C1)c1cccnc1OCC(F)(F)F. The van der Waals surface area contributed by atoms with Crippen LogP contribution in [0.3, 0.4) is 0 Å². The molecule has 1 aromatic heterocycles. The molecule has 1 N–H and O–H groups in total. The van der Waals surface area contributed by atoms with Crippen LogP contribution in [0.15, 0.2) is 18.3 Å². The van der Waals surface area contributed by atoms with Crippen molar-refractivity contribution < 1.29 is 31.1 Å². The number of ether oxygens (including phenoxy) is 1. The number of carbonyl (C=O) groups excluding carboxylic acids is 1. The number of hydrogen-bond acceptors (Lipinski definition) is 5. The topological polar surface area (TPSA) is 85.4 Å². The van der Waals surface area contributed by atoms with Crippen LogP contribution >= 0.6 is 0 Å². The highest BCUT2D eigenvalue weighted by molar-refractivity contribution is 7.91. The first kappa shape index (κ1) is 16.5. The predicted octanol–water partition coefficient (Wildman–Crippen LogP) is 0.940. The first-order chi connectivity index (χ1) is 10.2. The minimum Gasteiger partial charge on any atom is -0.467 e. The number of hydrogen-bond donors (Lipinski definition) is 1. The van der Waals surface area contributed by atoms with E-state index in [1.807, 2.05) is 0 Å². The lowest BCUT2D eigenvalue weighted by Gasteiger charge is -2.14. The van der Waals surface area contributed by atoms with Gasteiger partial charge in [-0.2, -0.15) is 13.2 Å². The molecular weight excluding hydrogens is 325 g/mol. The highest BCUT2D eigenvalue weighted by atomic mass is 32.2. The fourth-order valence-electron chi connectivity index (χ4n) is 2.00. The zero-order valence-electron chi connectivity index (χ0n) is 11.3. The molecule has 0 spiro atoms. The summed E-state index contributed by atoms with van der Waals surface area (Å²) >= 11 is 0. The van der Waals surface area contributed by atoms with Crippen LogP contribution in [0.25, 0.3) is 0 Å². The van der Waals surface area contributed by atoms with Gasteiger partial charge in [0.15, 0.2) is 16.4 Å². The van der Waals surface area contributed by atoms with Crippen LogP contribution in [0, 0.1) is 0 Å². The minimum absolute atomic E-state index is 0.0254. The predicted molar refractivity (Wildman–Crippen MR) is 70.3 cm³/mol. The van der Waals surface area contributed by atoms with Gasteiger partial charge in [0.25, 0.3) is 5.91 Å². The maximum Gasteiger partial charge on any atom is 0.422 e. The Morgan fingerprint density at radius 1 is 1.45 bits per heavy atom. The molecule has 1 amide bonds. The van der Waals surface area contributed by atoms with Crippen molar-refractivity contribution in [2.45, 2.75) is 18.6 Å². The summed E-state index contributed by atoms with van der Waals surface area (Å²) in [6.07, 6.45) is -3.08. The summed E-state index contributed by atoms with van der Waals surface area (Å²) in [7, 11) is -3.17. The molecule has 0 bridgehead atoms. The Balaban J connectivity index is 2.06. The monoisotopic (exact) mass is 338 g/mol. The van der Waals surface area contributed by atoms with Crippen molar-refractivity contribution >= 4 is 15.7 Å². The summed E-state index contributed by atoms with van der Waals surface area (Å²) in [5, 5.41) is 2.47. The number of rotatable bonds is 4. The van der Waals surface area contributed by atoms with Gasteiger partial charge in [0.1, 0.15) is 5.56 Å². The minimum atomic E-state index is -4.55. The van der Waals surface area contributed by atoms with E-state index in [-0.39, 0.29) is 23.5 Å². The largest absolute Gasteiger partial charge is 0.467 e. The van der Waals surface area contributed by atoms with Gasteiger partial charge in [-0.25, -0.2) is 13.4 Å². The Labute approximate surface area is 124 Å². The Bertz CT molecular complexity index is 661. The Hall–Kier alpha value is -1.84. The summed E-state index contributed by atoms with van der Waals surface area (Å²) in [4.78, 5) is 15.7. The van der Waals surface area contributed by atoms with Crippen LogP contribution in [0.4, 0.5) is 13.2 Å². The third kappa shape index (κ3) is 4.58. The van der Waals surface area contributed by atoms with Gasteiger partial charge in [0, 0.05) is 12.2 Å². The molecule has 1 unspecified atom stereocenters. The van der Waals surface area contributed by atoms with E-state index in [1.165, 1.54) is 18.3 Å². The second kappa shape index (κ2) is 6.11. The van der Waals surface area contributed by atoms with Crippen LogP contribution in [0.1, 0.15) is 16.8 Å². The summed E-state index contributed by atoms with van der Waals surface area (Å²) in [5.41, 5.74) is -0.170. The molecule has 2 heterocycles. The average molecular weight is 338 g/mol. The lowest BCUT2D eigenvalue weighted by molar-refractivity contribution is -0.154. The summed E-state index contributed by atoms with van der Waals surface area (Å²) < 4.78 is 63.7. The van der Waals surface area contributed by atoms with Gasteiger partial charge >= 0.3 is 6.18 Å². The van der Waals surface area contributed by atoms with E-state index >= 15 is 0 Å². The Kier molecular flexibility index (Phi) is 4.59. The second-order valence-electron chi connectivity index (χ2n) is 4.83. The number of halogens is 3. The number of alkyl halides is 3. The smallest absolute Gasteiger partial charge is 0.422 e. The van der Waals surface area contributed by atoms with Gasteiger partial charge in [-0.1, -0.05) is 0 Å². The van der Waals surface area contributed by atoms with E-state index in [2.05, 4.69) is 15.0 Å². The molecule has 1 aromatic rings. The fraction of sp³-hybridized carbons (Fsp3) is 0.500. The standard InChI is InChI=1S/C12H13F3N2O4S/c13-12(14,15)7-21-11-9(2-1-4-16-11)10(18)17-8-3-5-22(19,20)6-8/h1-2,4,8H,3,5-7H2,(H,17,18). The molecule has 0 aromatic carbocycles. The molecule has 6 nitrogen and oxygen atoms in total. The fourth-order valence-corrected chi connectivity index (χ4v) is 3.67. The quantitative estimate of drug-likeness (QED) is 0.883. The van der Waals surface area contributed by atoms with E-state index in [0.29, 0.717) is 0 Å². The van der Waals surface area contributed by atoms with E-state index in [0.717, 1.165) is 0 Å². The van der Waals surface area contributed by atoms with Gasteiger partial charge in [-0.05, 0) is 18.6 Å². The maximum atomic E-state index is 12.2. The van der Waals surface area contributed by atoms with Gasteiger partial charge < -0.3 is 10.1 Å². The number of carbonyl (C=O) groups is 1. The summed E-state index contributed by atoms with van der Waals surface area (Å²) in [5.74, 6) is -1.37. The van der Waals surface area contributed by atoms with Crippen LogP contribution in [-0.4, -0.2) is 49.6 Å². The number of nitrogens with one attached hydrogen (secondary N) is 1. The highest BCUT2D eigenvalue weighted by Crippen LogP contribution is 2.20. The lowest BCUT2D eigenvalue weighted by Crippen LogP contribution is -2.36. The molecule has 2 rings (SSSR count). The van der Waals surface area contributed by atoms with Crippen molar-refractivity contribution in [2.24, 2.45) is 0 Å². The van der Waals surface area contributed by atoms with Gasteiger partial charge in [0.2, 0.25) is 5.88 Å². The van der Waals surface area contributed by atoms with E-state index in [9.17, 15) is 26.4 Å². The molecule has 1 aliphatic rings. The first-order valence-corrected chi connectivity index (χ1v) is 8.14. The molecule has 0 saturated carbocycles. The molecule has 1 saturated heterocycles. The van der Waals surface area contributed by atoms with Crippen molar-refractivity contribution in [3.63, 3.8) is 0 Å². The zero-order chi connectivity index (χ0) is 16.4. The number of nitrogens with zero attached hydrogens (tertiary/aromatic N) is 1. The van der Waals surface area contributed by atoms with Gasteiger partial charge in [-0.3, -0.25) is 4.79 Å².